The molecule has 4 nitrogen and oxygen atoms in total. The largest absolute Gasteiger partial charge is 0.357 e. The van der Waals surface area contributed by atoms with Gasteiger partial charge >= 0.3 is 0 Å². The summed E-state index contributed by atoms with van der Waals surface area (Å²) in [6, 6.07) is 1.25. The lowest BCUT2D eigenvalue weighted by Crippen LogP contribution is -2.44. The van der Waals surface area contributed by atoms with E-state index in [1.807, 2.05) is 0 Å². The number of nitrogens with one attached hydrogen (secondary N) is 2. The van der Waals surface area contributed by atoms with Crippen LogP contribution in [0.5, 0.6) is 0 Å². The van der Waals surface area contributed by atoms with E-state index >= 15 is 0 Å². The zero-order chi connectivity index (χ0) is 15.1. The van der Waals surface area contributed by atoms with Crippen LogP contribution in [0.15, 0.2) is 4.99 Å². The van der Waals surface area contributed by atoms with Gasteiger partial charge in [0.25, 0.3) is 0 Å². The number of halogens is 1. The van der Waals surface area contributed by atoms with Crippen molar-refractivity contribution >= 4 is 29.9 Å². The Hall–Kier alpha value is -0.0400. The first-order valence-electron chi connectivity index (χ1n) is 8.99. The summed E-state index contributed by atoms with van der Waals surface area (Å²) >= 11 is 0. The minimum Gasteiger partial charge on any atom is -0.357 e. The molecule has 2 N–H and O–H groups in total. The van der Waals surface area contributed by atoms with E-state index in [2.05, 4.69) is 36.3 Å². The molecule has 1 aliphatic heterocycles. The predicted octanol–water partition coefficient (Wildman–Crippen LogP) is 3.22. The van der Waals surface area contributed by atoms with Crippen molar-refractivity contribution in [2.24, 2.45) is 10.9 Å². The van der Waals surface area contributed by atoms with Crippen molar-refractivity contribution in [3.05, 3.63) is 0 Å². The molecular weight excluding hydrogens is 387 g/mol. The van der Waals surface area contributed by atoms with Gasteiger partial charge < -0.3 is 10.6 Å². The summed E-state index contributed by atoms with van der Waals surface area (Å²) in [6.45, 7) is 11.2. The number of guanidine groups is 1. The zero-order valence-electron chi connectivity index (χ0n) is 14.6. The quantitative estimate of drug-likeness (QED) is 0.392. The highest BCUT2D eigenvalue weighted by atomic mass is 127. The van der Waals surface area contributed by atoms with Crippen LogP contribution in [0.3, 0.4) is 0 Å². The minimum absolute atomic E-state index is 0. The molecule has 0 bridgehead atoms. The van der Waals surface area contributed by atoms with Crippen molar-refractivity contribution in [2.75, 3.05) is 26.2 Å². The van der Waals surface area contributed by atoms with E-state index in [4.69, 9.17) is 4.99 Å². The first-order chi connectivity index (χ1) is 10.2. The molecule has 1 unspecified atom stereocenters. The molecule has 0 radical (unpaired) electrons. The van der Waals surface area contributed by atoms with E-state index in [0.29, 0.717) is 18.0 Å². The maximum absolute atomic E-state index is 4.87. The third-order valence-corrected chi connectivity index (χ3v) is 4.58. The van der Waals surface area contributed by atoms with Crippen LogP contribution in [0.4, 0.5) is 0 Å². The molecule has 1 atom stereocenters. The Balaban J connectivity index is 0.00000242. The smallest absolute Gasteiger partial charge is 0.191 e. The Bertz CT molecular complexity index is 321. The highest BCUT2D eigenvalue weighted by Gasteiger charge is 2.24. The summed E-state index contributed by atoms with van der Waals surface area (Å²) in [5.41, 5.74) is 0. The SMILES string of the molecule is CCNC(=NCC(C(C)C)N1CCCCCC1)NC1CC1.I. The van der Waals surface area contributed by atoms with Crippen molar-refractivity contribution in [3.8, 4) is 0 Å². The number of nitrogens with zero attached hydrogens (tertiary/aromatic N) is 2. The molecule has 0 aromatic carbocycles. The lowest BCUT2D eigenvalue weighted by molar-refractivity contribution is 0.166. The third-order valence-electron chi connectivity index (χ3n) is 4.58. The van der Waals surface area contributed by atoms with Gasteiger partial charge in [-0.3, -0.25) is 9.89 Å². The normalized spacial score (nSPS) is 21.9. The average Bonchev–Trinajstić information content (AvgIpc) is 3.26. The molecule has 1 aliphatic carbocycles. The molecule has 2 rings (SSSR count). The maximum atomic E-state index is 4.87. The zero-order valence-corrected chi connectivity index (χ0v) is 16.9. The average molecular weight is 422 g/mol. The monoisotopic (exact) mass is 422 g/mol. The van der Waals surface area contributed by atoms with Crippen molar-refractivity contribution in [3.63, 3.8) is 0 Å². The van der Waals surface area contributed by atoms with Crippen LogP contribution in [0.25, 0.3) is 0 Å². The molecule has 22 heavy (non-hydrogen) atoms. The Labute approximate surface area is 153 Å². The maximum Gasteiger partial charge on any atom is 0.191 e. The first kappa shape index (κ1) is 20.0. The van der Waals surface area contributed by atoms with Gasteiger partial charge in [0.15, 0.2) is 5.96 Å². The van der Waals surface area contributed by atoms with Crippen molar-refractivity contribution in [1.29, 1.82) is 0 Å². The van der Waals surface area contributed by atoms with Gasteiger partial charge in [-0.05, 0) is 51.6 Å². The number of rotatable bonds is 6. The van der Waals surface area contributed by atoms with Gasteiger partial charge in [0, 0.05) is 18.6 Å². The van der Waals surface area contributed by atoms with Crippen molar-refractivity contribution in [1.82, 2.24) is 15.5 Å². The molecule has 2 aliphatic rings. The lowest BCUT2D eigenvalue weighted by Gasteiger charge is -2.32. The molecular formula is C17H35IN4. The second-order valence-corrected chi connectivity index (χ2v) is 6.90. The van der Waals surface area contributed by atoms with Crippen LogP contribution in [-0.4, -0.2) is 49.1 Å². The van der Waals surface area contributed by atoms with E-state index < -0.39 is 0 Å². The van der Waals surface area contributed by atoms with Crippen LogP contribution in [0, 0.1) is 5.92 Å². The van der Waals surface area contributed by atoms with Gasteiger partial charge in [0.2, 0.25) is 0 Å². The van der Waals surface area contributed by atoms with Crippen LogP contribution in [-0.2, 0) is 0 Å². The van der Waals surface area contributed by atoms with Crippen LogP contribution < -0.4 is 10.6 Å². The van der Waals surface area contributed by atoms with E-state index in [0.717, 1.165) is 19.0 Å². The fourth-order valence-corrected chi connectivity index (χ4v) is 3.10. The summed E-state index contributed by atoms with van der Waals surface area (Å²) in [5, 5.41) is 6.91. The number of hydrogen-bond acceptors (Lipinski definition) is 2. The third kappa shape index (κ3) is 7.02. The molecule has 0 spiro atoms. The van der Waals surface area contributed by atoms with Crippen molar-refractivity contribution in [2.45, 2.75) is 71.4 Å². The summed E-state index contributed by atoms with van der Waals surface area (Å²) < 4.78 is 0. The number of hydrogen-bond donors (Lipinski definition) is 2. The molecule has 5 heteroatoms. The molecule has 0 aromatic heterocycles. The van der Waals surface area contributed by atoms with Crippen LogP contribution >= 0.6 is 24.0 Å². The molecule has 0 amide bonds. The molecule has 1 saturated carbocycles. The summed E-state index contributed by atoms with van der Waals surface area (Å²) in [6.07, 6.45) is 8.10. The predicted molar refractivity (Wildman–Crippen MR) is 106 cm³/mol. The van der Waals surface area contributed by atoms with E-state index in [1.54, 1.807) is 0 Å². The molecule has 1 heterocycles. The highest BCUT2D eigenvalue weighted by Crippen LogP contribution is 2.19. The molecule has 2 fully saturated rings. The van der Waals surface area contributed by atoms with E-state index in [1.165, 1.54) is 51.6 Å². The molecule has 1 saturated heterocycles. The van der Waals surface area contributed by atoms with Gasteiger partial charge in [-0.1, -0.05) is 26.7 Å². The lowest BCUT2D eigenvalue weighted by atomic mass is 10.0. The van der Waals surface area contributed by atoms with Crippen molar-refractivity contribution < 1.29 is 0 Å². The number of likely N-dealkylation sites (tertiary alicyclic amines) is 1. The van der Waals surface area contributed by atoms with E-state index in [-0.39, 0.29) is 24.0 Å². The second-order valence-electron chi connectivity index (χ2n) is 6.90. The van der Waals surface area contributed by atoms with Gasteiger partial charge in [0.05, 0.1) is 6.54 Å². The molecule has 0 aromatic rings. The fraction of sp³-hybridized carbons (Fsp3) is 0.941. The Kier molecular flexibility index (Phi) is 9.71. The van der Waals surface area contributed by atoms with Gasteiger partial charge in [-0.25, -0.2) is 0 Å². The Morgan fingerprint density at radius 1 is 1.14 bits per heavy atom. The second kappa shape index (κ2) is 10.7. The van der Waals surface area contributed by atoms with Crippen LogP contribution in [0.2, 0.25) is 0 Å². The minimum atomic E-state index is 0. The first-order valence-corrected chi connectivity index (χ1v) is 8.99. The van der Waals surface area contributed by atoms with Crippen LogP contribution in [0.1, 0.15) is 59.3 Å². The van der Waals surface area contributed by atoms with Gasteiger partial charge in [-0.15, -0.1) is 24.0 Å². The van der Waals surface area contributed by atoms with E-state index in [9.17, 15) is 0 Å². The van der Waals surface area contributed by atoms with Gasteiger partial charge in [-0.2, -0.15) is 0 Å². The number of aliphatic imine (C=N–C) groups is 1. The molecule has 130 valence electrons. The summed E-state index contributed by atoms with van der Waals surface area (Å²) in [5.74, 6) is 1.68. The Morgan fingerprint density at radius 3 is 2.27 bits per heavy atom. The van der Waals surface area contributed by atoms with Gasteiger partial charge in [0.1, 0.15) is 0 Å². The topological polar surface area (TPSA) is 39.7 Å². The fourth-order valence-electron chi connectivity index (χ4n) is 3.10. The summed E-state index contributed by atoms with van der Waals surface area (Å²) in [4.78, 5) is 7.56. The summed E-state index contributed by atoms with van der Waals surface area (Å²) in [7, 11) is 0. The highest BCUT2D eigenvalue weighted by molar-refractivity contribution is 14.0. The standard InChI is InChI=1S/C17H34N4.HI/c1-4-18-17(20-15-9-10-15)19-13-16(14(2)3)21-11-7-5-6-8-12-21;/h14-16H,4-13H2,1-3H3,(H2,18,19,20);1H. The Morgan fingerprint density at radius 2 is 1.77 bits per heavy atom.